The molecule has 1 fully saturated rings. The summed E-state index contributed by atoms with van der Waals surface area (Å²) >= 11 is 0. The number of ether oxygens (including phenoxy) is 2. The van der Waals surface area contributed by atoms with Gasteiger partial charge in [0.2, 0.25) is 5.78 Å². The predicted molar refractivity (Wildman–Crippen MR) is 139 cm³/mol. The Morgan fingerprint density at radius 1 is 1.29 bits per heavy atom. The van der Waals surface area contributed by atoms with Crippen molar-refractivity contribution in [3.8, 4) is 0 Å². The van der Waals surface area contributed by atoms with E-state index in [1.807, 2.05) is 25.1 Å². The van der Waals surface area contributed by atoms with Crippen LogP contribution in [0.1, 0.15) is 54.8 Å². The van der Waals surface area contributed by atoms with Gasteiger partial charge in [-0.15, -0.1) is 0 Å². The van der Waals surface area contributed by atoms with Crippen LogP contribution in [0.3, 0.4) is 0 Å². The highest BCUT2D eigenvalue weighted by Crippen LogP contribution is 2.41. The number of benzene rings is 1. The standard InChI is InChI=1S/C27H32FN5O5/c1-5-19-11-18(7-8-37-19)33(27(35)36-6-2)23-20-9-16(22-14-31(3)15-29-22)10-21(28)25(20)38-26(23)24(34)17-12-30-32(4)13-17/h9-10,12-14,18-19,29H,5-8,11,15H2,1-4H3/t18-,19-/m0/s1. The molecule has 3 aromatic rings. The summed E-state index contributed by atoms with van der Waals surface area (Å²) in [4.78, 5) is 30.7. The smallest absolute Gasteiger partial charge is 0.414 e. The monoisotopic (exact) mass is 525 g/mol. The van der Waals surface area contributed by atoms with E-state index in [0.29, 0.717) is 37.1 Å². The molecule has 0 saturated carbocycles. The number of aromatic nitrogens is 2. The molecule has 10 nitrogen and oxygen atoms in total. The molecule has 2 atom stereocenters. The van der Waals surface area contributed by atoms with Gasteiger partial charge in [-0.05, 0) is 38.3 Å². The van der Waals surface area contributed by atoms with E-state index in [4.69, 9.17) is 13.9 Å². The Hall–Kier alpha value is -3.86. The van der Waals surface area contributed by atoms with Crippen LogP contribution in [0.4, 0.5) is 14.9 Å². The zero-order valence-corrected chi connectivity index (χ0v) is 22.0. The van der Waals surface area contributed by atoms with Crippen LogP contribution in [-0.4, -0.2) is 65.6 Å². The largest absolute Gasteiger partial charge is 0.449 e. The van der Waals surface area contributed by atoms with E-state index in [9.17, 15) is 9.59 Å². The van der Waals surface area contributed by atoms with Gasteiger partial charge in [-0.3, -0.25) is 14.4 Å². The number of nitrogens with one attached hydrogen (secondary N) is 1. The van der Waals surface area contributed by atoms with Gasteiger partial charge >= 0.3 is 6.09 Å². The molecule has 0 bridgehead atoms. The minimum atomic E-state index is -0.636. The number of nitrogens with zero attached hydrogens (tertiary/aromatic N) is 4. The number of ketones is 1. The summed E-state index contributed by atoms with van der Waals surface area (Å²) in [6.45, 7) is 4.90. The SMILES string of the molecule is CCOC(=O)N(c1c(C(=O)c2cnn(C)c2)oc2c(F)cc(C3=CN(C)CN3)cc12)[C@H]1CCO[C@@H](CC)C1. The van der Waals surface area contributed by atoms with E-state index in [2.05, 4.69) is 10.4 Å². The van der Waals surface area contributed by atoms with Crippen molar-refractivity contribution < 1.29 is 27.9 Å². The molecular formula is C27H32FN5O5. The highest BCUT2D eigenvalue weighted by atomic mass is 19.1. The number of fused-ring (bicyclic) bond motifs is 1. The number of carbonyl (C=O) groups excluding carboxylic acids is 2. The minimum absolute atomic E-state index is 0.0583. The maximum absolute atomic E-state index is 15.6. The van der Waals surface area contributed by atoms with Gasteiger partial charge in [-0.2, -0.15) is 5.10 Å². The molecular weight excluding hydrogens is 493 g/mol. The molecule has 2 aliphatic heterocycles. The van der Waals surface area contributed by atoms with Gasteiger partial charge in [0.25, 0.3) is 0 Å². The van der Waals surface area contributed by atoms with Gasteiger partial charge in [0.1, 0.15) is 5.69 Å². The number of anilines is 1. The molecule has 38 heavy (non-hydrogen) atoms. The van der Waals surface area contributed by atoms with E-state index in [1.54, 1.807) is 26.2 Å². The number of furan rings is 1. The number of carbonyl (C=O) groups is 2. The number of hydrogen-bond donors (Lipinski definition) is 1. The molecule has 1 aromatic carbocycles. The second kappa shape index (κ2) is 10.5. The van der Waals surface area contributed by atoms with Crippen LogP contribution < -0.4 is 10.2 Å². The second-order valence-electron chi connectivity index (χ2n) is 9.63. The van der Waals surface area contributed by atoms with Crippen molar-refractivity contribution in [1.29, 1.82) is 0 Å². The zero-order valence-electron chi connectivity index (χ0n) is 22.0. The van der Waals surface area contributed by atoms with Crippen LogP contribution in [0, 0.1) is 5.82 Å². The van der Waals surface area contributed by atoms with Crippen molar-refractivity contribution in [2.45, 2.75) is 45.3 Å². The summed E-state index contributed by atoms with van der Waals surface area (Å²) in [6, 6.07) is 2.77. The fraction of sp³-hybridized carbons (Fsp3) is 0.444. The summed E-state index contributed by atoms with van der Waals surface area (Å²) in [5.74, 6) is -1.28. The van der Waals surface area contributed by atoms with Gasteiger partial charge in [0, 0.05) is 50.1 Å². The summed E-state index contributed by atoms with van der Waals surface area (Å²) < 4.78 is 34.4. The summed E-state index contributed by atoms with van der Waals surface area (Å²) in [5, 5.41) is 7.64. The number of rotatable bonds is 7. The molecule has 11 heteroatoms. The van der Waals surface area contributed by atoms with Gasteiger partial charge < -0.3 is 24.1 Å². The molecule has 2 aromatic heterocycles. The fourth-order valence-electron chi connectivity index (χ4n) is 5.06. The second-order valence-corrected chi connectivity index (χ2v) is 9.63. The summed E-state index contributed by atoms with van der Waals surface area (Å²) in [7, 11) is 3.60. The topological polar surface area (TPSA) is 102 Å². The number of halogens is 1. The maximum atomic E-state index is 15.6. The first-order valence-corrected chi connectivity index (χ1v) is 12.8. The van der Waals surface area contributed by atoms with E-state index < -0.39 is 17.7 Å². The fourth-order valence-corrected chi connectivity index (χ4v) is 5.06. The Kier molecular flexibility index (Phi) is 7.11. The number of hydrogen-bond acceptors (Lipinski definition) is 8. The lowest BCUT2D eigenvalue weighted by Crippen LogP contribution is -2.46. The van der Waals surface area contributed by atoms with Crippen molar-refractivity contribution in [2.75, 3.05) is 31.8 Å². The number of amides is 1. The van der Waals surface area contributed by atoms with Crippen LogP contribution in [0.2, 0.25) is 0 Å². The average molecular weight is 526 g/mol. The Balaban J connectivity index is 1.74. The third-order valence-electron chi connectivity index (χ3n) is 6.94. The molecule has 2 aliphatic rings. The van der Waals surface area contributed by atoms with E-state index in [0.717, 1.165) is 12.1 Å². The first kappa shape index (κ1) is 25.8. The Bertz CT molecular complexity index is 1400. The lowest BCUT2D eigenvalue weighted by atomic mass is 9.98. The summed E-state index contributed by atoms with van der Waals surface area (Å²) in [6.07, 6.45) is 6.01. The maximum Gasteiger partial charge on any atom is 0.414 e. The van der Waals surface area contributed by atoms with Gasteiger partial charge in [0.05, 0.1) is 36.8 Å². The van der Waals surface area contributed by atoms with Crippen LogP contribution in [0.5, 0.6) is 0 Å². The minimum Gasteiger partial charge on any atom is -0.449 e. The Labute approximate surface area is 219 Å². The molecule has 0 unspecified atom stereocenters. The highest BCUT2D eigenvalue weighted by Gasteiger charge is 2.38. The molecule has 1 amide bonds. The van der Waals surface area contributed by atoms with Gasteiger partial charge in [-0.1, -0.05) is 6.92 Å². The molecule has 0 spiro atoms. The molecule has 1 N–H and O–H groups in total. The first-order chi connectivity index (χ1) is 18.3. The molecule has 1 saturated heterocycles. The first-order valence-electron chi connectivity index (χ1n) is 12.8. The van der Waals surface area contributed by atoms with Crippen molar-refractivity contribution >= 4 is 34.2 Å². The Morgan fingerprint density at radius 3 is 2.76 bits per heavy atom. The number of aryl methyl sites for hydroxylation is 1. The van der Waals surface area contributed by atoms with Crippen molar-refractivity contribution in [3.63, 3.8) is 0 Å². The normalized spacial score (nSPS) is 19.4. The molecule has 0 aliphatic carbocycles. The zero-order chi connectivity index (χ0) is 27.0. The van der Waals surface area contributed by atoms with Gasteiger partial charge in [-0.25, -0.2) is 9.18 Å². The van der Waals surface area contributed by atoms with Crippen LogP contribution in [0.25, 0.3) is 16.7 Å². The molecule has 4 heterocycles. The highest BCUT2D eigenvalue weighted by molar-refractivity contribution is 6.17. The lowest BCUT2D eigenvalue weighted by molar-refractivity contribution is 0.00468. The Morgan fingerprint density at radius 2 is 2.11 bits per heavy atom. The van der Waals surface area contributed by atoms with E-state index in [-0.39, 0.29) is 41.3 Å². The molecule has 5 rings (SSSR count). The van der Waals surface area contributed by atoms with E-state index in [1.165, 1.54) is 21.8 Å². The van der Waals surface area contributed by atoms with Crippen molar-refractivity contribution in [2.24, 2.45) is 7.05 Å². The van der Waals surface area contributed by atoms with Crippen LogP contribution in [0.15, 0.2) is 35.1 Å². The van der Waals surface area contributed by atoms with Crippen molar-refractivity contribution in [1.82, 2.24) is 20.0 Å². The lowest BCUT2D eigenvalue weighted by Gasteiger charge is -2.36. The predicted octanol–water partition coefficient (Wildman–Crippen LogP) is 4.25. The third kappa shape index (κ3) is 4.73. The summed E-state index contributed by atoms with van der Waals surface area (Å²) in [5.41, 5.74) is 1.65. The van der Waals surface area contributed by atoms with E-state index >= 15 is 4.39 Å². The quantitative estimate of drug-likeness (QED) is 0.457. The van der Waals surface area contributed by atoms with Gasteiger partial charge in [0.15, 0.2) is 17.2 Å². The van der Waals surface area contributed by atoms with Crippen molar-refractivity contribution in [3.05, 3.63) is 53.4 Å². The average Bonchev–Trinajstić information content (AvgIpc) is 3.63. The van der Waals surface area contributed by atoms with Crippen LogP contribution >= 0.6 is 0 Å². The molecule has 0 radical (unpaired) electrons. The molecule has 202 valence electrons. The third-order valence-corrected chi connectivity index (χ3v) is 6.94. The van der Waals surface area contributed by atoms with Crippen LogP contribution in [-0.2, 0) is 16.5 Å².